The van der Waals surface area contributed by atoms with Gasteiger partial charge in [0.2, 0.25) is 10.0 Å². The normalized spacial score (nSPS) is 11.6. The number of thiophene rings is 1. The lowest BCUT2D eigenvalue weighted by atomic mass is 10.1. The molecule has 4 rings (SSSR count). The summed E-state index contributed by atoms with van der Waals surface area (Å²) in [5.41, 5.74) is 2.61. The van der Waals surface area contributed by atoms with Crippen LogP contribution in [0.15, 0.2) is 47.8 Å². The average molecular weight is 476 g/mol. The zero-order chi connectivity index (χ0) is 22.3. The number of carbonyl (C=O) groups is 1. The fourth-order valence-corrected chi connectivity index (χ4v) is 5.46. The van der Waals surface area contributed by atoms with Crippen LogP contribution in [0.2, 0.25) is 0 Å². The predicted molar refractivity (Wildman–Crippen MR) is 125 cm³/mol. The van der Waals surface area contributed by atoms with Gasteiger partial charge in [0.1, 0.15) is 5.82 Å². The number of sulfonamides is 1. The van der Waals surface area contributed by atoms with Crippen LogP contribution in [-0.4, -0.2) is 32.6 Å². The van der Waals surface area contributed by atoms with Gasteiger partial charge in [-0.2, -0.15) is 0 Å². The smallest absolute Gasteiger partial charge is 0.267 e. The second-order valence-corrected chi connectivity index (χ2v) is 10.9. The number of anilines is 2. The number of hydrogen-bond acceptors (Lipinski definition) is 6. The van der Waals surface area contributed by atoms with Crippen molar-refractivity contribution in [3.63, 3.8) is 0 Å². The standard InChI is InChI=1S/C21H18FN3O3S3/c1-12-18-15(22)5-4-6-17(18)30-19(12)20(26)24-21-23-16(11-29-21)13-7-9-14(10-8-13)25(2)31(3,27)28/h4-11H,1-3H3,(H,23,24,26). The number of rotatable bonds is 5. The van der Waals surface area contributed by atoms with Crippen LogP contribution in [0, 0.1) is 12.7 Å². The number of aromatic nitrogens is 1. The van der Waals surface area contributed by atoms with Gasteiger partial charge in [0.25, 0.3) is 5.91 Å². The molecule has 0 unspecified atom stereocenters. The number of aryl methyl sites for hydroxylation is 1. The van der Waals surface area contributed by atoms with E-state index in [9.17, 15) is 17.6 Å². The maximum absolute atomic E-state index is 14.1. The van der Waals surface area contributed by atoms with Crippen LogP contribution in [0.1, 0.15) is 15.2 Å². The van der Waals surface area contributed by atoms with Gasteiger partial charge >= 0.3 is 0 Å². The van der Waals surface area contributed by atoms with Crippen molar-refractivity contribution in [2.75, 3.05) is 22.9 Å². The summed E-state index contributed by atoms with van der Waals surface area (Å²) in [4.78, 5) is 17.7. The third-order valence-corrected chi connectivity index (χ3v) is 8.08. The fourth-order valence-electron chi connectivity index (χ4n) is 3.12. The molecule has 1 N–H and O–H groups in total. The zero-order valence-corrected chi connectivity index (χ0v) is 19.3. The molecule has 2 aromatic heterocycles. The van der Waals surface area contributed by atoms with Crippen LogP contribution < -0.4 is 9.62 Å². The summed E-state index contributed by atoms with van der Waals surface area (Å²) in [7, 11) is -1.85. The van der Waals surface area contributed by atoms with E-state index in [0.29, 0.717) is 32.3 Å². The van der Waals surface area contributed by atoms with E-state index in [1.54, 1.807) is 43.3 Å². The summed E-state index contributed by atoms with van der Waals surface area (Å²) in [6, 6.07) is 11.7. The van der Waals surface area contributed by atoms with E-state index in [-0.39, 0.29) is 11.7 Å². The van der Waals surface area contributed by atoms with Crippen molar-refractivity contribution in [1.29, 1.82) is 0 Å². The molecule has 0 aliphatic carbocycles. The number of halogens is 1. The first-order chi connectivity index (χ1) is 14.6. The summed E-state index contributed by atoms with van der Waals surface area (Å²) in [6.45, 7) is 1.74. The molecule has 0 spiro atoms. The van der Waals surface area contributed by atoms with Gasteiger partial charge in [-0.25, -0.2) is 17.8 Å². The second kappa shape index (κ2) is 8.03. The molecule has 2 heterocycles. The Hall–Kier alpha value is -2.82. The van der Waals surface area contributed by atoms with E-state index in [4.69, 9.17) is 0 Å². The molecule has 6 nitrogen and oxygen atoms in total. The Bertz CT molecular complexity index is 1390. The Labute approximate surface area is 187 Å². The van der Waals surface area contributed by atoms with E-state index >= 15 is 0 Å². The third kappa shape index (κ3) is 4.18. The van der Waals surface area contributed by atoms with Crippen LogP contribution in [0.5, 0.6) is 0 Å². The maximum Gasteiger partial charge on any atom is 0.267 e. The molecule has 4 aromatic rings. The summed E-state index contributed by atoms with van der Waals surface area (Å²) < 4.78 is 39.4. The minimum absolute atomic E-state index is 0.330. The number of fused-ring (bicyclic) bond motifs is 1. The van der Waals surface area contributed by atoms with Crippen molar-refractivity contribution in [3.05, 3.63) is 64.1 Å². The number of nitrogens with one attached hydrogen (secondary N) is 1. The SMILES string of the molecule is Cc1c(C(=O)Nc2nc(-c3ccc(N(C)S(C)(=O)=O)cc3)cs2)sc2cccc(F)c12. The molecule has 0 saturated carbocycles. The lowest BCUT2D eigenvalue weighted by molar-refractivity contribution is 0.103. The number of amides is 1. The predicted octanol–water partition coefficient (Wildman–Crippen LogP) is 5.12. The minimum atomic E-state index is -3.34. The molecule has 0 radical (unpaired) electrons. The lowest BCUT2D eigenvalue weighted by Crippen LogP contribution is -2.24. The number of nitrogens with zero attached hydrogens (tertiary/aromatic N) is 2. The molecule has 0 bridgehead atoms. The molecule has 1 amide bonds. The number of hydrogen-bond donors (Lipinski definition) is 1. The molecule has 0 atom stereocenters. The molecule has 0 aliphatic rings. The number of carbonyl (C=O) groups excluding carboxylic acids is 1. The molecular weight excluding hydrogens is 457 g/mol. The van der Waals surface area contributed by atoms with Crippen LogP contribution in [0.3, 0.4) is 0 Å². The summed E-state index contributed by atoms with van der Waals surface area (Å²) in [6.07, 6.45) is 1.14. The van der Waals surface area contributed by atoms with Crippen molar-refractivity contribution < 1.29 is 17.6 Å². The van der Waals surface area contributed by atoms with E-state index in [2.05, 4.69) is 10.3 Å². The van der Waals surface area contributed by atoms with Gasteiger partial charge in [-0.15, -0.1) is 22.7 Å². The number of benzene rings is 2. The van der Waals surface area contributed by atoms with Crippen molar-refractivity contribution >= 4 is 59.5 Å². The zero-order valence-electron chi connectivity index (χ0n) is 16.8. The van der Waals surface area contributed by atoms with Crippen LogP contribution in [0.4, 0.5) is 15.2 Å². The Morgan fingerprint density at radius 3 is 2.52 bits per heavy atom. The molecule has 0 aliphatic heterocycles. The minimum Gasteiger partial charge on any atom is -0.297 e. The van der Waals surface area contributed by atoms with Gasteiger partial charge in [0.15, 0.2) is 5.13 Å². The largest absolute Gasteiger partial charge is 0.297 e. The van der Waals surface area contributed by atoms with Gasteiger partial charge in [-0.05, 0) is 36.8 Å². The van der Waals surface area contributed by atoms with E-state index in [1.807, 2.05) is 5.38 Å². The Morgan fingerprint density at radius 2 is 1.87 bits per heavy atom. The first kappa shape index (κ1) is 21.4. The Kier molecular flexibility index (Phi) is 5.54. The molecule has 160 valence electrons. The van der Waals surface area contributed by atoms with Crippen molar-refractivity contribution in [3.8, 4) is 11.3 Å². The van der Waals surface area contributed by atoms with Crippen LogP contribution in [0.25, 0.3) is 21.3 Å². The van der Waals surface area contributed by atoms with Gasteiger partial charge in [0.05, 0.1) is 22.5 Å². The highest BCUT2D eigenvalue weighted by atomic mass is 32.2. The van der Waals surface area contributed by atoms with Gasteiger partial charge in [0, 0.05) is 28.1 Å². The highest BCUT2D eigenvalue weighted by Gasteiger charge is 2.19. The van der Waals surface area contributed by atoms with Gasteiger partial charge in [-0.3, -0.25) is 14.4 Å². The lowest BCUT2D eigenvalue weighted by Gasteiger charge is -2.16. The Morgan fingerprint density at radius 1 is 1.16 bits per heavy atom. The van der Waals surface area contributed by atoms with Crippen molar-refractivity contribution in [2.24, 2.45) is 0 Å². The highest BCUT2D eigenvalue weighted by molar-refractivity contribution is 7.92. The molecule has 10 heteroatoms. The van der Waals surface area contributed by atoms with Crippen LogP contribution >= 0.6 is 22.7 Å². The van der Waals surface area contributed by atoms with E-state index in [0.717, 1.165) is 16.5 Å². The molecule has 2 aromatic carbocycles. The summed E-state index contributed by atoms with van der Waals surface area (Å²) in [5, 5.41) is 5.49. The maximum atomic E-state index is 14.1. The fraction of sp³-hybridized carbons (Fsp3) is 0.143. The molecule has 31 heavy (non-hydrogen) atoms. The van der Waals surface area contributed by atoms with E-state index < -0.39 is 10.0 Å². The highest BCUT2D eigenvalue weighted by Crippen LogP contribution is 2.34. The molecular formula is C21H18FN3O3S3. The third-order valence-electron chi connectivity index (χ3n) is 4.86. The van der Waals surface area contributed by atoms with Crippen LogP contribution in [-0.2, 0) is 10.0 Å². The Balaban J connectivity index is 1.54. The first-order valence-corrected chi connectivity index (χ1v) is 12.7. The van der Waals surface area contributed by atoms with Gasteiger partial charge < -0.3 is 0 Å². The van der Waals surface area contributed by atoms with Gasteiger partial charge in [-0.1, -0.05) is 18.2 Å². The van der Waals surface area contributed by atoms with Crippen molar-refractivity contribution in [1.82, 2.24) is 4.98 Å². The molecule has 0 saturated heterocycles. The second-order valence-electron chi connectivity index (χ2n) is 6.94. The summed E-state index contributed by atoms with van der Waals surface area (Å²) >= 11 is 2.53. The monoisotopic (exact) mass is 475 g/mol. The summed E-state index contributed by atoms with van der Waals surface area (Å²) in [5.74, 6) is -0.670. The average Bonchev–Trinajstić information content (AvgIpc) is 3.32. The molecule has 0 fully saturated rings. The van der Waals surface area contributed by atoms with Crippen molar-refractivity contribution in [2.45, 2.75) is 6.92 Å². The topological polar surface area (TPSA) is 79.4 Å². The number of thiazole rings is 1. The van der Waals surface area contributed by atoms with E-state index in [1.165, 1.54) is 40.1 Å². The first-order valence-electron chi connectivity index (χ1n) is 9.14. The quantitative estimate of drug-likeness (QED) is 0.434.